The van der Waals surface area contributed by atoms with Crippen molar-refractivity contribution in [3.8, 4) is 0 Å². The van der Waals surface area contributed by atoms with E-state index in [4.69, 9.17) is 11.6 Å². The van der Waals surface area contributed by atoms with Gasteiger partial charge in [-0.3, -0.25) is 0 Å². The second-order valence-corrected chi connectivity index (χ2v) is 5.35. The highest BCUT2D eigenvalue weighted by molar-refractivity contribution is 6.17. The van der Waals surface area contributed by atoms with Gasteiger partial charge in [0, 0.05) is 29.4 Å². The number of fused-ring (bicyclic) bond motifs is 1. The zero-order chi connectivity index (χ0) is 13.8. The monoisotopic (exact) mass is 273 g/mol. The molecule has 0 fully saturated rings. The summed E-state index contributed by atoms with van der Waals surface area (Å²) >= 11 is 5.73. The molecule has 0 saturated heterocycles. The van der Waals surface area contributed by atoms with Crippen LogP contribution in [0.1, 0.15) is 32.4 Å². The van der Waals surface area contributed by atoms with Gasteiger partial charge in [0.1, 0.15) is 0 Å². The Bertz CT molecular complexity index is 642. The minimum Gasteiger partial charge on any atom is -0.343 e. The zero-order valence-corrected chi connectivity index (χ0v) is 12.6. The molecule has 0 amide bonds. The van der Waals surface area contributed by atoms with Crippen LogP contribution in [0.4, 0.5) is 0 Å². The molecule has 0 aliphatic carbocycles. The van der Waals surface area contributed by atoms with E-state index in [0.717, 1.165) is 12.8 Å². The summed E-state index contributed by atoms with van der Waals surface area (Å²) in [7, 11) is 2.11. The Morgan fingerprint density at radius 2 is 2.00 bits per heavy atom. The highest BCUT2D eigenvalue weighted by Gasteiger charge is 2.06. The Morgan fingerprint density at radius 1 is 1.26 bits per heavy atom. The van der Waals surface area contributed by atoms with Gasteiger partial charge in [0.05, 0.1) is 5.69 Å². The third-order valence-corrected chi connectivity index (χ3v) is 3.69. The lowest BCUT2D eigenvalue weighted by atomic mass is 10.1. The molecule has 1 heterocycles. The van der Waals surface area contributed by atoms with E-state index in [1.54, 1.807) is 0 Å². The Hall–Kier alpha value is -1.43. The number of benzene rings is 1. The first-order chi connectivity index (χ1) is 9.13. The first-order valence-electron chi connectivity index (χ1n) is 6.67. The molecule has 1 aromatic carbocycles. The SMILES string of the molecule is CC(=C=C(C)c1cc2ccccc2n1C)CCCCl. The van der Waals surface area contributed by atoms with Crippen LogP contribution < -0.4 is 0 Å². The second kappa shape index (κ2) is 6.14. The number of para-hydroxylation sites is 1. The van der Waals surface area contributed by atoms with Crippen LogP contribution in [-0.2, 0) is 7.05 Å². The van der Waals surface area contributed by atoms with Crippen molar-refractivity contribution >= 4 is 28.1 Å². The number of rotatable bonds is 4. The summed E-state index contributed by atoms with van der Waals surface area (Å²) in [5, 5.41) is 1.28. The van der Waals surface area contributed by atoms with Gasteiger partial charge in [-0.2, -0.15) is 0 Å². The zero-order valence-electron chi connectivity index (χ0n) is 11.8. The molecule has 100 valence electrons. The van der Waals surface area contributed by atoms with E-state index in [1.807, 2.05) is 0 Å². The molecule has 0 N–H and O–H groups in total. The van der Waals surface area contributed by atoms with Crippen molar-refractivity contribution in [1.29, 1.82) is 0 Å². The fraction of sp³-hybridized carbons (Fsp3) is 0.353. The van der Waals surface area contributed by atoms with Crippen LogP contribution in [0, 0.1) is 0 Å². The van der Waals surface area contributed by atoms with E-state index in [9.17, 15) is 0 Å². The predicted octanol–water partition coefficient (Wildman–Crippen LogP) is 5.15. The van der Waals surface area contributed by atoms with Gasteiger partial charge in [0.2, 0.25) is 0 Å². The third kappa shape index (κ3) is 3.12. The highest BCUT2D eigenvalue weighted by atomic mass is 35.5. The summed E-state index contributed by atoms with van der Waals surface area (Å²) in [6.45, 7) is 4.25. The number of nitrogens with zero attached hydrogens (tertiary/aromatic N) is 1. The molecule has 0 unspecified atom stereocenters. The molecule has 0 radical (unpaired) electrons. The Labute approximate surface area is 120 Å². The average molecular weight is 274 g/mol. The van der Waals surface area contributed by atoms with Crippen molar-refractivity contribution in [2.75, 3.05) is 5.88 Å². The summed E-state index contributed by atoms with van der Waals surface area (Å²) in [6.07, 6.45) is 2.04. The van der Waals surface area contributed by atoms with E-state index in [2.05, 4.69) is 61.5 Å². The van der Waals surface area contributed by atoms with Crippen molar-refractivity contribution in [1.82, 2.24) is 4.57 Å². The molecule has 0 aliphatic rings. The van der Waals surface area contributed by atoms with Gasteiger partial charge in [-0.25, -0.2) is 0 Å². The number of hydrogen-bond acceptors (Lipinski definition) is 0. The lowest BCUT2D eigenvalue weighted by molar-refractivity contribution is 0.913. The normalized spacial score (nSPS) is 10.5. The largest absolute Gasteiger partial charge is 0.343 e. The van der Waals surface area contributed by atoms with Crippen LogP contribution in [0.5, 0.6) is 0 Å². The Morgan fingerprint density at radius 3 is 2.68 bits per heavy atom. The molecular weight excluding hydrogens is 254 g/mol. The maximum Gasteiger partial charge on any atom is 0.0523 e. The van der Waals surface area contributed by atoms with Gasteiger partial charge in [0.25, 0.3) is 0 Å². The van der Waals surface area contributed by atoms with Gasteiger partial charge < -0.3 is 4.57 Å². The smallest absolute Gasteiger partial charge is 0.0523 e. The number of aryl methyl sites for hydroxylation is 1. The minimum atomic E-state index is 0.714. The van der Waals surface area contributed by atoms with Crippen LogP contribution in [-0.4, -0.2) is 10.4 Å². The number of allylic oxidation sites excluding steroid dienone is 1. The van der Waals surface area contributed by atoms with Gasteiger partial charge >= 0.3 is 0 Å². The lowest BCUT2D eigenvalue weighted by Crippen LogP contribution is -1.92. The van der Waals surface area contributed by atoms with Crippen LogP contribution in [0.2, 0.25) is 0 Å². The van der Waals surface area contributed by atoms with Gasteiger partial charge in [-0.15, -0.1) is 17.3 Å². The quantitative estimate of drug-likeness (QED) is 0.537. The van der Waals surface area contributed by atoms with E-state index in [0.29, 0.717) is 5.88 Å². The summed E-state index contributed by atoms with van der Waals surface area (Å²) < 4.78 is 2.23. The fourth-order valence-electron chi connectivity index (χ4n) is 2.43. The molecule has 1 aromatic heterocycles. The molecule has 19 heavy (non-hydrogen) atoms. The number of alkyl halides is 1. The first kappa shape index (κ1) is 14.0. The van der Waals surface area contributed by atoms with E-state index in [-0.39, 0.29) is 0 Å². The number of hydrogen-bond donors (Lipinski definition) is 0. The molecule has 0 bridgehead atoms. The first-order valence-corrected chi connectivity index (χ1v) is 7.20. The van der Waals surface area contributed by atoms with Crippen molar-refractivity contribution in [3.05, 3.63) is 47.3 Å². The molecule has 1 nitrogen and oxygen atoms in total. The van der Waals surface area contributed by atoms with Crippen molar-refractivity contribution in [3.63, 3.8) is 0 Å². The van der Waals surface area contributed by atoms with Gasteiger partial charge in [0.15, 0.2) is 0 Å². The molecular formula is C17H20ClN. The topological polar surface area (TPSA) is 4.93 Å². The minimum absolute atomic E-state index is 0.714. The highest BCUT2D eigenvalue weighted by Crippen LogP contribution is 2.23. The maximum atomic E-state index is 5.73. The van der Waals surface area contributed by atoms with E-state index in [1.165, 1.54) is 27.7 Å². The standard InChI is InChI=1S/C17H20ClN/c1-13(7-6-10-18)11-14(2)17-12-15-8-4-5-9-16(15)19(17)3/h4-5,8-9,12H,6-7,10H2,1-3H3. The Balaban J connectivity index is 2.44. The van der Waals surface area contributed by atoms with E-state index >= 15 is 0 Å². The number of aromatic nitrogens is 1. The summed E-state index contributed by atoms with van der Waals surface area (Å²) in [4.78, 5) is 0. The number of halogens is 1. The second-order valence-electron chi connectivity index (χ2n) is 4.97. The van der Waals surface area contributed by atoms with Crippen LogP contribution >= 0.6 is 11.6 Å². The van der Waals surface area contributed by atoms with Crippen LogP contribution in [0.3, 0.4) is 0 Å². The maximum absolute atomic E-state index is 5.73. The molecule has 2 aromatic rings. The third-order valence-electron chi connectivity index (χ3n) is 3.42. The van der Waals surface area contributed by atoms with Crippen molar-refractivity contribution < 1.29 is 0 Å². The van der Waals surface area contributed by atoms with Gasteiger partial charge in [-0.05, 0) is 44.4 Å². The fourth-order valence-corrected chi connectivity index (χ4v) is 2.56. The molecule has 2 heteroatoms. The predicted molar refractivity (Wildman–Crippen MR) is 84.7 cm³/mol. The van der Waals surface area contributed by atoms with Crippen molar-refractivity contribution in [2.45, 2.75) is 26.7 Å². The summed E-state index contributed by atoms with van der Waals surface area (Å²) in [5.41, 5.74) is 8.43. The summed E-state index contributed by atoms with van der Waals surface area (Å²) in [5.74, 6) is 0.714. The van der Waals surface area contributed by atoms with E-state index < -0.39 is 0 Å². The van der Waals surface area contributed by atoms with Crippen LogP contribution in [0.15, 0.2) is 41.6 Å². The Kier molecular flexibility index (Phi) is 4.52. The molecule has 2 rings (SSSR count). The average Bonchev–Trinajstić information content (AvgIpc) is 2.74. The molecule has 0 spiro atoms. The molecule has 0 atom stereocenters. The lowest BCUT2D eigenvalue weighted by Gasteiger charge is -2.03. The van der Waals surface area contributed by atoms with Crippen LogP contribution in [0.25, 0.3) is 16.5 Å². The molecule has 0 saturated carbocycles. The van der Waals surface area contributed by atoms with Gasteiger partial charge in [-0.1, -0.05) is 18.2 Å². The van der Waals surface area contributed by atoms with Crippen molar-refractivity contribution in [2.24, 2.45) is 7.05 Å². The summed E-state index contributed by atoms with van der Waals surface area (Å²) in [6, 6.07) is 10.7. The molecule has 0 aliphatic heterocycles.